The highest BCUT2D eigenvalue weighted by molar-refractivity contribution is 5.58. The maximum atomic E-state index is 12.4. The van der Waals surface area contributed by atoms with E-state index in [1.54, 1.807) is 23.0 Å². The van der Waals surface area contributed by atoms with E-state index in [4.69, 9.17) is 10.5 Å². The summed E-state index contributed by atoms with van der Waals surface area (Å²) < 4.78 is 7.17. The van der Waals surface area contributed by atoms with E-state index in [0.717, 1.165) is 5.56 Å². The first-order valence-electron chi connectivity index (χ1n) is 6.42. The third-order valence-electron chi connectivity index (χ3n) is 3.02. The molecule has 0 fully saturated rings. The van der Waals surface area contributed by atoms with Crippen molar-refractivity contribution in [2.45, 2.75) is 33.2 Å². The number of nitrogens with two attached hydrogens (primary N) is 1. The van der Waals surface area contributed by atoms with Crippen molar-refractivity contribution in [1.82, 2.24) is 9.55 Å². The second kappa shape index (κ2) is 5.00. The lowest BCUT2D eigenvalue weighted by atomic mass is 10.1. The van der Waals surface area contributed by atoms with Gasteiger partial charge >= 0.3 is 5.56 Å². The molecule has 0 atom stereocenters. The van der Waals surface area contributed by atoms with Gasteiger partial charge in [0.1, 0.15) is 0 Å². The number of aromatic nitrogens is 2. The number of para-hydroxylation sites is 1. The molecule has 0 aliphatic carbocycles. The summed E-state index contributed by atoms with van der Waals surface area (Å²) in [5.74, 6) is 0.473. The summed E-state index contributed by atoms with van der Waals surface area (Å²) in [5.41, 5.74) is 6.74. The van der Waals surface area contributed by atoms with Crippen LogP contribution in [-0.2, 0) is 5.54 Å². The van der Waals surface area contributed by atoms with E-state index in [1.807, 2.05) is 39.8 Å². The SMILES string of the molecule is Cc1cccc(Oc2nccn(C(C)(C)C)c2=O)c1N. The maximum absolute atomic E-state index is 12.4. The van der Waals surface area contributed by atoms with Crippen LogP contribution >= 0.6 is 0 Å². The van der Waals surface area contributed by atoms with Gasteiger partial charge in [0.2, 0.25) is 0 Å². The van der Waals surface area contributed by atoms with Crippen LogP contribution in [-0.4, -0.2) is 9.55 Å². The molecule has 0 spiro atoms. The van der Waals surface area contributed by atoms with Crippen LogP contribution in [0.25, 0.3) is 0 Å². The number of benzene rings is 1. The van der Waals surface area contributed by atoms with Gasteiger partial charge in [0.15, 0.2) is 5.75 Å². The standard InChI is InChI=1S/C15H19N3O2/c1-10-6-5-7-11(12(10)16)20-13-14(19)18(9-8-17-13)15(2,3)4/h5-9H,16H2,1-4H3. The highest BCUT2D eigenvalue weighted by Gasteiger charge is 2.18. The van der Waals surface area contributed by atoms with Crippen LogP contribution in [0.1, 0.15) is 26.3 Å². The lowest BCUT2D eigenvalue weighted by molar-refractivity contribution is 0.363. The van der Waals surface area contributed by atoms with Gasteiger partial charge in [-0.05, 0) is 39.3 Å². The Kier molecular flexibility index (Phi) is 3.53. The van der Waals surface area contributed by atoms with Crippen LogP contribution in [0.5, 0.6) is 11.6 Å². The number of hydrogen-bond acceptors (Lipinski definition) is 4. The van der Waals surface area contributed by atoms with Crippen molar-refractivity contribution in [1.29, 1.82) is 0 Å². The molecule has 0 radical (unpaired) electrons. The summed E-state index contributed by atoms with van der Waals surface area (Å²) in [6, 6.07) is 5.43. The van der Waals surface area contributed by atoms with Gasteiger partial charge in [0, 0.05) is 17.9 Å². The van der Waals surface area contributed by atoms with E-state index in [1.165, 1.54) is 0 Å². The van der Waals surface area contributed by atoms with E-state index in [2.05, 4.69) is 4.98 Å². The number of nitrogens with zero attached hydrogens (tertiary/aromatic N) is 2. The lowest BCUT2D eigenvalue weighted by Crippen LogP contribution is -2.34. The molecule has 0 saturated carbocycles. The van der Waals surface area contributed by atoms with Crippen molar-refractivity contribution in [3.63, 3.8) is 0 Å². The summed E-state index contributed by atoms with van der Waals surface area (Å²) in [5, 5.41) is 0. The van der Waals surface area contributed by atoms with Crippen molar-refractivity contribution in [2.24, 2.45) is 0 Å². The molecular formula is C15H19N3O2. The normalized spacial score (nSPS) is 11.4. The zero-order valence-corrected chi connectivity index (χ0v) is 12.2. The Morgan fingerprint density at radius 3 is 2.65 bits per heavy atom. The molecule has 5 heteroatoms. The second-order valence-corrected chi connectivity index (χ2v) is 5.67. The Morgan fingerprint density at radius 1 is 1.30 bits per heavy atom. The number of aryl methyl sites for hydroxylation is 1. The van der Waals surface area contributed by atoms with Gasteiger partial charge in [0.05, 0.1) is 5.69 Å². The topological polar surface area (TPSA) is 70.1 Å². The van der Waals surface area contributed by atoms with Gasteiger partial charge in [-0.3, -0.25) is 4.79 Å². The lowest BCUT2D eigenvalue weighted by Gasteiger charge is -2.22. The summed E-state index contributed by atoms with van der Waals surface area (Å²) in [6.07, 6.45) is 3.20. The molecule has 0 saturated heterocycles. The number of anilines is 1. The highest BCUT2D eigenvalue weighted by Crippen LogP contribution is 2.27. The van der Waals surface area contributed by atoms with Crippen LogP contribution in [0, 0.1) is 6.92 Å². The van der Waals surface area contributed by atoms with Crippen LogP contribution in [0.4, 0.5) is 5.69 Å². The summed E-state index contributed by atoms with van der Waals surface area (Å²) in [7, 11) is 0. The number of hydrogen-bond donors (Lipinski definition) is 1. The average Bonchev–Trinajstić information content (AvgIpc) is 2.36. The molecule has 106 valence electrons. The first kappa shape index (κ1) is 14.1. The van der Waals surface area contributed by atoms with E-state index < -0.39 is 0 Å². The van der Waals surface area contributed by atoms with Crippen LogP contribution in [0.2, 0.25) is 0 Å². The van der Waals surface area contributed by atoms with Crippen molar-refractivity contribution in [3.8, 4) is 11.6 Å². The van der Waals surface area contributed by atoms with Crippen LogP contribution in [0.3, 0.4) is 0 Å². The third kappa shape index (κ3) is 2.66. The Bertz CT molecular complexity index is 684. The quantitative estimate of drug-likeness (QED) is 0.854. The van der Waals surface area contributed by atoms with Crippen LogP contribution in [0.15, 0.2) is 35.4 Å². The fraction of sp³-hybridized carbons (Fsp3) is 0.333. The molecule has 2 aromatic rings. The highest BCUT2D eigenvalue weighted by atomic mass is 16.5. The number of ether oxygens (including phenoxy) is 1. The van der Waals surface area contributed by atoms with Crippen molar-refractivity contribution in [2.75, 3.05) is 5.73 Å². The first-order valence-corrected chi connectivity index (χ1v) is 6.42. The fourth-order valence-electron chi connectivity index (χ4n) is 1.84. The molecule has 1 aromatic heterocycles. The summed E-state index contributed by atoms with van der Waals surface area (Å²) in [6.45, 7) is 7.71. The molecule has 20 heavy (non-hydrogen) atoms. The molecule has 0 amide bonds. The minimum Gasteiger partial charge on any atom is -0.432 e. The predicted molar refractivity (Wildman–Crippen MR) is 79.2 cm³/mol. The molecule has 0 aliphatic rings. The molecule has 0 unspecified atom stereocenters. The molecular weight excluding hydrogens is 254 g/mol. The van der Waals surface area contributed by atoms with Gasteiger partial charge in [0.25, 0.3) is 5.88 Å². The molecule has 5 nitrogen and oxygen atoms in total. The van der Waals surface area contributed by atoms with E-state index in [0.29, 0.717) is 11.4 Å². The zero-order valence-electron chi connectivity index (χ0n) is 12.2. The monoisotopic (exact) mass is 273 g/mol. The van der Waals surface area contributed by atoms with Gasteiger partial charge in [-0.1, -0.05) is 12.1 Å². The molecule has 2 N–H and O–H groups in total. The third-order valence-corrected chi connectivity index (χ3v) is 3.02. The van der Waals surface area contributed by atoms with Crippen molar-refractivity contribution in [3.05, 3.63) is 46.5 Å². The Morgan fingerprint density at radius 2 is 2.00 bits per heavy atom. The van der Waals surface area contributed by atoms with Gasteiger partial charge in [-0.25, -0.2) is 4.98 Å². The Balaban J connectivity index is 2.45. The number of nitrogen functional groups attached to an aromatic ring is 1. The van der Waals surface area contributed by atoms with Gasteiger partial charge in [-0.15, -0.1) is 0 Å². The molecule has 2 rings (SSSR count). The van der Waals surface area contributed by atoms with Crippen LogP contribution < -0.4 is 16.0 Å². The minimum absolute atomic E-state index is 0.0275. The Labute approximate surface area is 118 Å². The second-order valence-electron chi connectivity index (χ2n) is 5.67. The van der Waals surface area contributed by atoms with E-state index in [-0.39, 0.29) is 17.0 Å². The Hall–Kier alpha value is -2.30. The fourth-order valence-corrected chi connectivity index (χ4v) is 1.84. The molecule has 1 aromatic carbocycles. The zero-order chi connectivity index (χ0) is 14.9. The summed E-state index contributed by atoms with van der Waals surface area (Å²) >= 11 is 0. The first-order chi connectivity index (χ1) is 9.30. The summed E-state index contributed by atoms with van der Waals surface area (Å²) in [4.78, 5) is 16.4. The largest absolute Gasteiger partial charge is 0.432 e. The number of rotatable bonds is 2. The maximum Gasteiger partial charge on any atom is 0.314 e. The van der Waals surface area contributed by atoms with Gasteiger partial charge in [-0.2, -0.15) is 0 Å². The average molecular weight is 273 g/mol. The molecule has 0 aliphatic heterocycles. The van der Waals surface area contributed by atoms with E-state index in [9.17, 15) is 4.79 Å². The molecule has 0 bridgehead atoms. The van der Waals surface area contributed by atoms with Crippen molar-refractivity contribution >= 4 is 5.69 Å². The van der Waals surface area contributed by atoms with Gasteiger partial charge < -0.3 is 15.0 Å². The van der Waals surface area contributed by atoms with E-state index >= 15 is 0 Å². The predicted octanol–water partition coefficient (Wildman–Crippen LogP) is 2.68. The molecule has 1 heterocycles. The van der Waals surface area contributed by atoms with Crippen molar-refractivity contribution < 1.29 is 4.74 Å². The minimum atomic E-state index is -0.337. The smallest absolute Gasteiger partial charge is 0.314 e.